The summed E-state index contributed by atoms with van der Waals surface area (Å²) in [4.78, 5) is 0. The second kappa shape index (κ2) is 17.1. The first-order valence-electron chi connectivity index (χ1n) is 3.82. The molecule has 0 aromatic heterocycles. The van der Waals surface area contributed by atoms with Crippen LogP contribution in [0.15, 0.2) is 30.3 Å². The van der Waals surface area contributed by atoms with Gasteiger partial charge in [-0.05, 0) is 6.92 Å². The molecule has 0 bridgehead atoms. The zero-order valence-corrected chi connectivity index (χ0v) is 11.5. The largest absolute Gasteiger partial charge is 2.00 e. The normalized spacial score (nSPS) is 6.08. The van der Waals surface area contributed by atoms with Crippen molar-refractivity contribution in [3.63, 3.8) is 0 Å². The van der Waals surface area contributed by atoms with Gasteiger partial charge in [-0.2, -0.15) is 13.8 Å². The predicted molar refractivity (Wildman–Crippen MR) is 53.2 cm³/mol. The van der Waals surface area contributed by atoms with Crippen LogP contribution in [0, 0.1) is 20.8 Å². The minimum atomic E-state index is 0. The van der Waals surface area contributed by atoms with E-state index in [1.165, 1.54) is 5.56 Å². The molecule has 1 heteroatoms. The van der Waals surface area contributed by atoms with Crippen LogP contribution in [0.3, 0.4) is 0 Å². The first-order valence-corrected chi connectivity index (χ1v) is 3.82. The van der Waals surface area contributed by atoms with Crippen LogP contribution in [0.4, 0.5) is 0 Å². The molecule has 1 rings (SSSR count). The molecule has 0 aliphatic rings. The third-order valence-electron chi connectivity index (χ3n) is 0.940. The molecule has 0 nitrogen and oxygen atoms in total. The Labute approximate surface area is 90.2 Å². The molecule has 0 amide bonds. The van der Waals surface area contributed by atoms with Crippen LogP contribution in [0.25, 0.3) is 0 Å². The summed E-state index contributed by atoms with van der Waals surface area (Å²) in [6.45, 7) is 12.1. The van der Waals surface area contributed by atoms with Crippen LogP contribution < -0.4 is 0 Å². The van der Waals surface area contributed by atoms with E-state index in [-0.39, 0.29) is 19.5 Å². The van der Waals surface area contributed by atoms with Crippen LogP contribution in [-0.2, 0) is 19.5 Å². The summed E-state index contributed by atoms with van der Waals surface area (Å²) in [6, 6.07) is 10.3. The fourth-order valence-corrected chi connectivity index (χ4v) is 0.534. The van der Waals surface area contributed by atoms with Crippen molar-refractivity contribution in [3.8, 4) is 0 Å². The fourth-order valence-electron chi connectivity index (χ4n) is 0.534. The Kier molecular flexibility index (Phi) is 25.3. The van der Waals surface area contributed by atoms with E-state index in [0.717, 1.165) is 0 Å². The quantitative estimate of drug-likeness (QED) is 0.458. The second-order valence-electron chi connectivity index (χ2n) is 1.65. The van der Waals surface area contributed by atoms with E-state index in [1.54, 1.807) is 13.8 Å². The molecule has 0 saturated carbocycles. The van der Waals surface area contributed by atoms with E-state index in [4.69, 9.17) is 0 Å². The van der Waals surface area contributed by atoms with Gasteiger partial charge >= 0.3 is 19.5 Å². The molecule has 0 spiro atoms. The average molecular weight is 216 g/mol. The fraction of sp³-hybridized carbons (Fsp3) is 0.273. The van der Waals surface area contributed by atoms with Crippen LogP contribution in [0.1, 0.15) is 19.4 Å². The van der Waals surface area contributed by atoms with Gasteiger partial charge in [0.1, 0.15) is 0 Å². The first kappa shape index (κ1) is 17.8. The van der Waals surface area contributed by atoms with E-state index in [2.05, 4.69) is 32.9 Å². The third-order valence-corrected chi connectivity index (χ3v) is 0.940. The molecule has 0 aliphatic heterocycles. The average Bonchev–Trinajstić information content (AvgIpc) is 2.13. The van der Waals surface area contributed by atoms with E-state index in [1.807, 2.05) is 18.2 Å². The molecule has 64 valence electrons. The minimum absolute atomic E-state index is 0. The van der Waals surface area contributed by atoms with Crippen molar-refractivity contribution in [2.75, 3.05) is 0 Å². The summed E-state index contributed by atoms with van der Waals surface area (Å²) in [5.74, 6) is 0. The molecule has 0 saturated heterocycles. The summed E-state index contributed by atoms with van der Waals surface area (Å²) in [5.41, 5.74) is 1.32. The molecule has 12 heavy (non-hydrogen) atoms. The molecule has 0 heterocycles. The number of hydrogen-bond donors (Lipinski definition) is 0. The van der Waals surface area contributed by atoms with Crippen molar-refractivity contribution in [1.29, 1.82) is 0 Å². The molecular weight excluding hydrogens is 198 g/mol. The van der Waals surface area contributed by atoms with E-state index in [0.29, 0.717) is 0 Å². The third kappa shape index (κ3) is 12.5. The summed E-state index contributed by atoms with van der Waals surface area (Å²) < 4.78 is 0. The van der Waals surface area contributed by atoms with Crippen molar-refractivity contribution in [1.82, 2.24) is 0 Å². The van der Waals surface area contributed by atoms with Gasteiger partial charge in [-0.1, -0.05) is 35.9 Å². The van der Waals surface area contributed by atoms with Crippen LogP contribution in [0.2, 0.25) is 0 Å². The van der Waals surface area contributed by atoms with Gasteiger partial charge in [0.2, 0.25) is 0 Å². The Morgan fingerprint density at radius 3 is 1.33 bits per heavy atom. The van der Waals surface area contributed by atoms with Crippen LogP contribution in [-0.4, -0.2) is 0 Å². The molecule has 0 fully saturated rings. The summed E-state index contributed by atoms with van der Waals surface area (Å²) in [7, 11) is 0. The Bertz CT molecular complexity index is 135. The Morgan fingerprint density at radius 1 is 0.833 bits per heavy atom. The topological polar surface area (TPSA) is 0 Å². The van der Waals surface area contributed by atoms with Gasteiger partial charge in [0.25, 0.3) is 0 Å². The number of aryl methyl sites for hydroxylation is 1. The van der Waals surface area contributed by atoms with Crippen molar-refractivity contribution >= 4 is 0 Å². The predicted octanol–water partition coefficient (Wildman–Crippen LogP) is 3.67. The molecule has 0 N–H and O–H groups in total. The maximum Gasteiger partial charge on any atom is 2.00 e. The van der Waals surface area contributed by atoms with Gasteiger partial charge < -0.3 is 13.8 Å². The smallest absolute Gasteiger partial charge is 0.346 e. The molecule has 1 aromatic carbocycles. The van der Waals surface area contributed by atoms with Gasteiger partial charge in [-0.15, -0.1) is 0 Å². The summed E-state index contributed by atoms with van der Waals surface area (Å²) >= 11 is 0. The molecule has 0 atom stereocenters. The molecule has 0 unspecified atom stereocenters. The van der Waals surface area contributed by atoms with E-state index >= 15 is 0 Å². The maximum atomic E-state index is 3.25. The standard InChI is InChI=1S/C7H8.2C2H5.Zn/c1-7-5-3-2-4-6-7;2*1-2;/h2-6H,1H3;2*1H2,2H3;/q;2*-1;+2. The Balaban J connectivity index is -0.000000144. The van der Waals surface area contributed by atoms with Gasteiger partial charge in [-0.25, -0.2) is 0 Å². The second-order valence-corrected chi connectivity index (χ2v) is 1.65. The number of benzene rings is 1. The van der Waals surface area contributed by atoms with Crippen LogP contribution >= 0.6 is 0 Å². The minimum Gasteiger partial charge on any atom is -0.346 e. The van der Waals surface area contributed by atoms with Crippen molar-refractivity contribution in [2.45, 2.75) is 20.8 Å². The Morgan fingerprint density at radius 2 is 1.17 bits per heavy atom. The van der Waals surface area contributed by atoms with Crippen molar-refractivity contribution in [2.24, 2.45) is 0 Å². The van der Waals surface area contributed by atoms with Crippen molar-refractivity contribution < 1.29 is 19.5 Å². The van der Waals surface area contributed by atoms with Crippen molar-refractivity contribution in [3.05, 3.63) is 49.7 Å². The first-order chi connectivity index (χ1) is 5.39. The SMILES string of the molecule is Cc1ccccc1.[CH2-]C.[CH2-]C.[Zn+2]. The molecule has 1 aromatic rings. The summed E-state index contributed by atoms with van der Waals surface area (Å²) in [5, 5.41) is 0. The van der Waals surface area contributed by atoms with Gasteiger partial charge in [0, 0.05) is 0 Å². The monoisotopic (exact) mass is 214 g/mol. The maximum absolute atomic E-state index is 3.25. The molecule has 0 radical (unpaired) electrons. The Hall–Kier alpha value is -0.157. The molecule has 0 aliphatic carbocycles. The van der Waals surface area contributed by atoms with Gasteiger partial charge in [-0.3, -0.25) is 0 Å². The number of hydrogen-bond acceptors (Lipinski definition) is 0. The zero-order chi connectivity index (χ0) is 9.11. The van der Waals surface area contributed by atoms with Gasteiger partial charge in [0.05, 0.1) is 0 Å². The zero-order valence-electron chi connectivity index (χ0n) is 8.51. The molecular formula is C11H18Zn. The summed E-state index contributed by atoms with van der Waals surface area (Å²) in [6.07, 6.45) is 0. The van der Waals surface area contributed by atoms with Gasteiger partial charge in [0.15, 0.2) is 0 Å². The van der Waals surface area contributed by atoms with E-state index < -0.39 is 0 Å². The number of rotatable bonds is 0. The van der Waals surface area contributed by atoms with Crippen LogP contribution in [0.5, 0.6) is 0 Å². The van der Waals surface area contributed by atoms with E-state index in [9.17, 15) is 0 Å².